The van der Waals surface area contributed by atoms with Gasteiger partial charge in [-0.3, -0.25) is 14.7 Å². The first-order valence-electron chi connectivity index (χ1n) is 8.91. The summed E-state index contributed by atoms with van der Waals surface area (Å²) in [6.07, 6.45) is 0. The van der Waals surface area contributed by atoms with Crippen LogP contribution in [0.2, 0.25) is 0 Å². The molecule has 0 aliphatic carbocycles. The van der Waals surface area contributed by atoms with E-state index in [1.54, 1.807) is 30.3 Å². The maximum absolute atomic E-state index is 13.3. The first-order chi connectivity index (χ1) is 14.1. The summed E-state index contributed by atoms with van der Waals surface area (Å²) in [5.74, 6) is -1.03. The van der Waals surface area contributed by atoms with Crippen LogP contribution < -0.4 is 20.3 Å². The molecule has 0 saturated heterocycles. The van der Waals surface area contributed by atoms with Crippen LogP contribution in [0.3, 0.4) is 0 Å². The van der Waals surface area contributed by atoms with Crippen LogP contribution in [0.5, 0.6) is 11.5 Å². The monoisotopic (exact) mass is 390 g/mol. The van der Waals surface area contributed by atoms with Crippen molar-refractivity contribution in [3.05, 3.63) is 70.0 Å². The number of nitrogens with one attached hydrogen (secondary N) is 2. The van der Waals surface area contributed by atoms with E-state index in [4.69, 9.17) is 9.47 Å². The second kappa shape index (κ2) is 7.20. The zero-order valence-corrected chi connectivity index (χ0v) is 15.8. The van der Waals surface area contributed by atoms with Crippen molar-refractivity contribution in [2.75, 3.05) is 19.5 Å². The number of nitriles is 1. The van der Waals surface area contributed by atoms with Gasteiger partial charge in [-0.2, -0.15) is 5.26 Å². The molecule has 2 N–H and O–H groups in total. The number of H-pyrrole nitrogens is 1. The summed E-state index contributed by atoms with van der Waals surface area (Å²) in [7, 11) is 3.02. The van der Waals surface area contributed by atoms with Gasteiger partial charge in [-0.05, 0) is 29.8 Å². The minimum Gasteiger partial charge on any atom is -0.493 e. The number of aromatic nitrogens is 2. The van der Waals surface area contributed by atoms with Gasteiger partial charge < -0.3 is 14.8 Å². The van der Waals surface area contributed by atoms with E-state index in [2.05, 4.69) is 10.4 Å². The molecule has 3 aromatic rings. The largest absolute Gasteiger partial charge is 0.493 e. The average molecular weight is 390 g/mol. The van der Waals surface area contributed by atoms with Gasteiger partial charge >= 0.3 is 0 Å². The molecule has 0 saturated carbocycles. The molecule has 1 aliphatic rings. The highest BCUT2D eigenvalue weighted by Crippen LogP contribution is 2.41. The predicted molar refractivity (Wildman–Crippen MR) is 106 cm³/mol. The third-order valence-corrected chi connectivity index (χ3v) is 5.02. The number of rotatable bonds is 4. The van der Waals surface area contributed by atoms with E-state index in [1.165, 1.54) is 18.9 Å². The Morgan fingerprint density at radius 2 is 1.76 bits per heavy atom. The van der Waals surface area contributed by atoms with Crippen molar-refractivity contribution in [1.82, 2.24) is 9.78 Å². The lowest BCUT2D eigenvalue weighted by molar-refractivity contribution is -0.119. The quantitative estimate of drug-likeness (QED) is 0.711. The number of para-hydroxylation sites is 1. The molecular weight excluding hydrogens is 372 g/mol. The van der Waals surface area contributed by atoms with E-state index in [1.807, 2.05) is 24.3 Å². The van der Waals surface area contributed by atoms with Crippen LogP contribution in [0.4, 0.5) is 5.82 Å². The Hall–Kier alpha value is -3.99. The first-order valence-corrected chi connectivity index (χ1v) is 8.91. The third-order valence-electron chi connectivity index (χ3n) is 5.02. The van der Waals surface area contributed by atoms with Gasteiger partial charge in [-0.15, -0.1) is 0 Å². The van der Waals surface area contributed by atoms with Crippen molar-refractivity contribution in [3.8, 4) is 23.3 Å². The van der Waals surface area contributed by atoms with E-state index >= 15 is 0 Å². The van der Waals surface area contributed by atoms with Gasteiger partial charge in [0.2, 0.25) is 5.91 Å². The molecule has 146 valence electrons. The van der Waals surface area contributed by atoms with E-state index in [9.17, 15) is 14.9 Å². The van der Waals surface area contributed by atoms with Crippen LogP contribution in [0.15, 0.2) is 53.3 Å². The van der Waals surface area contributed by atoms with Crippen LogP contribution in [-0.4, -0.2) is 29.9 Å². The molecule has 0 unspecified atom stereocenters. The number of carbonyl (C=O) groups is 1. The minimum absolute atomic E-state index is 0.287. The van der Waals surface area contributed by atoms with E-state index in [-0.39, 0.29) is 11.4 Å². The molecule has 0 radical (unpaired) electrons. The SMILES string of the molecule is COc1ccc([C@@H]2c3c([nH]n(-c4ccccc4)c3=O)NC(=O)[C@H]2C#N)cc1OC. The Balaban J connectivity index is 1.93. The number of hydrogen-bond acceptors (Lipinski definition) is 5. The second-order valence-electron chi connectivity index (χ2n) is 6.56. The number of aromatic amines is 1. The summed E-state index contributed by atoms with van der Waals surface area (Å²) < 4.78 is 12.0. The predicted octanol–water partition coefficient (Wildman–Crippen LogP) is 2.41. The van der Waals surface area contributed by atoms with Crippen molar-refractivity contribution in [3.63, 3.8) is 0 Å². The fourth-order valence-electron chi connectivity index (χ4n) is 3.65. The average Bonchev–Trinajstić information content (AvgIpc) is 3.08. The molecule has 2 aromatic carbocycles. The van der Waals surface area contributed by atoms with E-state index in [0.717, 1.165) is 0 Å². The molecule has 8 heteroatoms. The molecular formula is C21H18N4O4. The summed E-state index contributed by atoms with van der Waals surface area (Å²) in [5, 5.41) is 15.3. The van der Waals surface area contributed by atoms with Crippen molar-refractivity contribution >= 4 is 11.7 Å². The van der Waals surface area contributed by atoms with Gasteiger partial charge in [0.15, 0.2) is 11.5 Å². The Labute approximate surface area is 166 Å². The number of benzene rings is 2. The maximum Gasteiger partial charge on any atom is 0.277 e. The Morgan fingerprint density at radius 3 is 2.41 bits per heavy atom. The number of amides is 1. The zero-order chi connectivity index (χ0) is 20.5. The van der Waals surface area contributed by atoms with Gasteiger partial charge in [-0.1, -0.05) is 24.3 Å². The van der Waals surface area contributed by atoms with Gasteiger partial charge in [-0.25, -0.2) is 4.68 Å². The number of nitrogens with zero attached hydrogens (tertiary/aromatic N) is 2. The number of carbonyl (C=O) groups excluding carboxylic acids is 1. The highest BCUT2D eigenvalue weighted by atomic mass is 16.5. The fraction of sp³-hybridized carbons (Fsp3) is 0.190. The molecule has 1 aromatic heterocycles. The van der Waals surface area contributed by atoms with Gasteiger partial charge in [0.05, 0.1) is 31.5 Å². The Morgan fingerprint density at radius 1 is 1.03 bits per heavy atom. The summed E-state index contributed by atoms with van der Waals surface area (Å²) >= 11 is 0. The summed E-state index contributed by atoms with van der Waals surface area (Å²) in [6, 6.07) is 16.2. The standard InChI is InChI=1S/C21H18N4O4/c1-28-15-9-8-12(10-16(15)29-2)17-14(11-22)20(26)23-19-18(17)21(27)25(24-19)13-6-4-3-5-7-13/h3-10,14,17,24H,1-2H3,(H,23,26)/t14-,17-/m0/s1. The molecule has 1 aliphatic heterocycles. The fourth-order valence-corrected chi connectivity index (χ4v) is 3.65. The molecule has 29 heavy (non-hydrogen) atoms. The highest BCUT2D eigenvalue weighted by Gasteiger charge is 2.41. The molecule has 2 atom stereocenters. The van der Waals surface area contributed by atoms with Crippen molar-refractivity contribution in [2.45, 2.75) is 5.92 Å². The molecule has 4 rings (SSSR count). The lowest BCUT2D eigenvalue weighted by Crippen LogP contribution is -2.35. The van der Waals surface area contributed by atoms with Crippen LogP contribution >= 0.6 is 0 Å². The summed E-state index contributed by atoms with van der Waals surface area (Å²) in [6.45, 7) is 0. The van der Waals surface area contributed by atoms with Gasteiger partial charge in [0, 0.05) is 5.92 Å². The molecule has 1 amide bonds. The first kappa shape index (κ1) is 18.4. The van der Waals surface area contributed by atoms with Crippen molar-refractivity contribution < 1.29 is 14.3 Å². The molecule has 0 spiro atoms. The number of ether oxygens (including phenoxy) is 2. The van der Waals surface area contributed by atoms with Crippen molar-refractivity contribution in [2.24, 2.45) is 5.92 Å². The van der Waals surface area contributed by atoms with Crippen LogP contribution in [0.25, 0.3) is 5.69 Å². The van der Waals surface area contributed by atoms with Gasteiger partial charge in [0.25, 0.3) is 5.56 Å². The molecule has 0 bridgehead atoms. The van der Waals surface area contributed by atoms with Gasteiger partial charge in [0.1, 0.15) is 11.7 Å². The topological polar surface area (TPSA) is 109 Å². The summed E-state index contributed by atoms with van der Waals surface area (Å²) in [5.41, 5.74) is 1.24. The lowest BCUT2D eigenvalue weighted by atomic mass is 9.79. The van der Waals surface area contributed by atoms with Crippen LogP contribution in [0, 0.1) is 17.2 Å². The lowest BCUT2D eigenvalue weighted by Gasteiger charge is -2.26. The molecule has 8 nitrogen and oxygen atoms in total. The number of anilines is 1. The van der Waals surface area contributed by atoms with E-state index in [0.29, 0.717) is 28.3 Å². The van der Waals surface area contributed by atoms with Crippen LogP contribution in [0.1, 0.15) is 17.0 Å². The van der Waals surface area contributed by atoms with E-state index < -0.39 is 17.7 Å². The maximum atomic E-state index is 13.3. The minimum atomic E-state index is -1.06. The van der Waals surface area contributed by atoms with Crippen molar-refractivity contribution in [1.29, 1.82) is 5.26 Å². The number of fused-ring (bicyclic) bond motifs is 1. The normalized spacial score (nSPS) is 17.8. The molecule has 0 fully saturated rings. The highest BCUT2D eigenvalue weighted by molar-refractivity contribution is 5.97. The Kier molecular flexibility index (Phi) is 4.56. The number of hydrogen-bond donors (Lipinski definition) is 2. The van der Waals surface area contributed by atoms with Crippen LogP contribution in [-0.2, 0) is 4.79 Å². The Bertz CT molecular complexity index is 1170. The number of methoxy groups -OCH3 is 2. The second-order valence-corrected chi connectivity index (χ2v) is 6.56. The zero-order valence-electron chi connectivity index (χ0n) is 15.8. The summed E-state index contributed by atoms with van der Waals surface area (Å²) in [4.78, 5) is 25.8. The smallest absolute Gasteiger partial charge is 0.277 e. The third kappa shape index (κ3) is 2.93. The molecule has 2 heterocycles.